The maximum absolute atomic E-state index is 12.1. The van der Waals surface area contributed by atoms with Gasteiger partial charge < -0.3 is 10.6 Å². The van der Waals surface area contributed by atoms with Crippen molar-refractivity contribution in [3.8, 4) is 0 Å². The van der Waals surface area contributed by atoms with E-state index in [1.807, 2.05) is 12.3 Å². The van der Waals surface area contributed by atoms with Gasteiger partial charge in [-0.1, -0.05) is 6.92 Å². The van der Waals surface area contributed by atoms with Gasteiger partial charge in [0.25, 0.3) is 0 Å². The third-order valence-electron chi connectivity index (χ3n) is 3.38. The zero-order valence-corrected chi connectivity index (χ0v) is 13.1. The number of hydrogen-bond donors (Lipinski definition) is 2. The molecule has 0 radical (unpaired) electrons. The molecule has 1 amide bonds. The molecule has 1 aromatic heterocycles. The highest BCUT2D eigenvalue weighted by Crippen LogP contribution is 2.19. The molecule has 1 aliphatic rings. The van der Waals surface area contributed by atoms with E-state index in [9.17, 15) is 4.79 Å². The minimum absolute atomic E-state index is 0. The molecule has 1 aliphatic heterocycles. The van der Waals surface area contributed by atoms with E-state index in [1.54, 1.807) is 11.3 Å². The van der Waals surface area contributed by atoms with Gasteiger partial charge >= 0.3 is 0 Å². The molecule has 4 nitrogen and oxygen atoms in total. The third kappa shape index (κ3) is 4.44. The minimum Gasteiger partial charge on any atom is -0.348 e. The second kappa shape index (κ2) is 7.82. The Bertz CT molecular complexity index is 404. The van der Waals surface area contributed by atoms with E-state index in [0.717, 1.165) is 43.1 Å². The smallest absolute Gasteiger partial charge is 0.223 e. The van der Waals surface area contributed by atoms with Gasteiger partial charge in [0.2, 0.25) is 5.91 Å². The molecule has 1 fully saturated rings. The Kier molecular flexibility index (Phi) is 6.75. The summed E-state index contributed by atoms with van der Waals surface area (Å²) in [5.41, 5.74) is 0.985. The van der Waals surface area contributed by atoms with E-state index < -0.39 is 0 Å². The van der Waals surface area contributed by atoms with Crippen molar-refractivity contribution in [1.82, 2.24) is 15.6 Å². The van der Waals surface area contributed by atoms with E-state index in [4.69, 9.17) is 0 Å². The molecule has 0 spiro atoms. The lowest BCUT2D eigenvalue weighted by molar-refractivity contribution is -0.126. The molecule has 1 aromatic rings. The van der Waals surface area contributed by atoms with Gasteiger partial charge in [-0.3, -0.25) is 4.79 Å². The molecular formula is C13H22ClN3OS. The average molecular weight is 304 g/mol. The first-order valence-corrected chi connectivity index (χ1v) is 7.54. The van der Waals surface area contributed by atoms with Crippen LogP contribution >= 0.6 is 23.7 Å². The van der Waals surface area contributed by atoms with Crippen LogP contribution in [0.5, 0.6) is 0 Å². The van der Waals surface area contributed by atoms with Crippen molar-refractivity contribution >= 4 is 29.7 Å². The standard InChI is InChI=1S/C13H21N3OS.ClH/c1-3-12-16-11(8-18-12)9(2)15-13(17)10-4-6-14-7-5-10;/h8-10,14H,3-7H2,1-2H3,(H,15,17);1H. The first-order valence-electron chi connectivity index (χ1n) is 6.66. The lowest BCUT2D eigenvalue weighted by atomic mass is 9.97. The van der Waals surface area contributed by atoms with Crippen molar-refractivity contribution in [2.24, 2.45) is 5.92 Å². The number of rotatable bonds is 4. The zero-order valence-electron chi connectivity index (χ0n) is 11.4. The van der Waals surface area contributed by atoms with Crippen LogP contribution in [0.15, 0.2) is 5.38 Å². The second-order valence-electron chi connectivity index (χ2n) is 4.77. The lowest BCUT2D eigenvalue weighted by Crippen LogP contribution is -2.39. The van der Waals surface area contributed by atoms with Gasteiger partial charge in [-0.05, 0) is 39.3 Å². The number of piperidine rings is 1. The van der Waals surface area contributed by atoms with Crippen LogP contribution in [0.25, 0.3) is 0 Å². The van der Waals surface area contributed by atoms with Crippen LogP contribution in [0.2, 0.25) is 0 Å². The van der Waals surface area contributed by atoms with Crippen molar-refractivity contribution < 1.29 is 4.79 Å². The molecular weight excluding hydrogens is 282 g/mol. The van der Waals surface area contributed by atoms with Gasteiger partial charge in [-0.15, -0.1) is 23.7 Å². The minimum atomic E-state index is 0. The first-order chi connectivity index (χ1) is 8.70. The number of hydrogen-bond acceptors (Lipinski definition) is 4. The Balaban J connectivity index is 0.00000180. The maximum atomic E-state index is 12.1. The van der Waals surface area contributed by atoms with Crippen LogP contribution in [0, 0.1) is 5.92 Å². The number of thiazole rings is 1. The number of carbonyl (C=O) groups excluding carboxylic acids is 1. The molecule has 0 aromatic carbocycles. The summed E-state index contributed by atoms with van der Waals surface area (Å²) < 4.78 is 0. The lowest BCUT2D eigenvalue weighted by Gasteiger charge is -2.23. The number of carbonyl (C=O) groups is 1. The fourth-order valence-corrected chi connectivity index (χ4v) is 3.01. The molecule has 19 heavy (non-hydrogen) atoms. The van der Waals surface area contributed by atoms with Crippen molar-refractivity contribution in [3.05, 3.63) is 16.1 Å². The van der Waals surface area contributed by atoms with E-state index >= 15 is 0 Å². The SMILES string of the molecule is CCc1nc(C(C)NC(=O)C2CCNCC2)cs1.Cl. The second-order valence-corrected chi connectivity index (χ2v) is 5.72. The summed E-state index contributed by atoms with van der Waals surface area (Å²) in [4.78, 5) is 16.6. The van der Waals surface area contributed by atoms with Crippen LogP contribution in [-0.4, -0.2) is 24.0 Å². The van der Waals surface area contributed by atoms with Crippen molar-refractivity contribution in [1.29, 1.82) is 0 Å². The molecule has 1 unspecified atom stereocenters. The monoisotopic (exact) mass is 303 g/mol. The van der Waals surface area contributed by atoms with Gasteiger partial charge in [-0.25, -0.2) is 4.98 Å². The molecule has 0 saturated carbocycles. The molecule has 6 heteroatoms. The van der Waals surface area contributed by atoms with Crippen molar-refractivity contribution in [3.63, 3.8) is 0 Å². The highest BCUT2D eigenvalue weighted by molar-refractivity contribution is 7.09. The number of halogens is 1. The highest BCUT2D eigenvalue weighted by atomic mass is 35.5. The van der Waals surface area contributed by atoms with E-state index in [0.29, 0.717) is 0 Å². The maximum Gasteiger partial charge on any atom is 0.223 e. The first kappa shape index (κ1) is 16.4. The molecule has 1 saturated heterocycles. The van der Waals surface area contributed by atoms with Gasteiger partial charge in [-0.2, -0.15) is 0 Å². The Labute approximate surface area is 124 Å². The summed E-state index contributed by atoms with van der Waals surface area (Å²) in [6, 6.07) is 0.0175. The number of aromatic nitrogens is 1. The molecule has 108 valence electrons. The summed E-state index contributed by atoms with van der Waals surface area (Å²) in [5.74, 6) is 0.341. The fraction of sp³-hybridized carbons (Fsp3) is 0.692. The predicted octanol–water partition coefficient (Wildman–Crippen LogP) is 2.30. The number of amides is 1. The fourth-order valence-electron chi connectivity index (χ4n) is 2.18. The molecule has 2 rings (SSSR count). The van der Waals surface area contributed by atoms with E-state index in [2.05, 4.69) is 22.5 Å². The van der Waals surface area contributed by atoms with Crippen LogP contribution in [-0.2, 0) is 11.2 Å². The number of aryl methyl sites for hydroxylation is 1. The highest BCUT2D eigenvalue weighted by Gasteiger charge is 2.22. The Hall–Kier alpha value is -0.650. The summed E-state index contributed by atoms with van der Waals surface area (Å²) in [6.07, 6.45) is 2.84. The summed E-state index contributed by atoms with van der Waals surface area (Å²) in [6.45, 7) is 6.00. The normalized spacial score (nSPS) is 17.6. The molecule has 2 heterocycles. The summed E-state index contributed by atoms with van der Waals surface area (Å²) in [7, 11) is 0. The van der Waals surface area contributed by atoms with Crippen LogP contribution in [0.4, 0.5) is 0 Å². The van der Waals surface area contributed by atoms with Crippen LogP contribution in [0.3, 0.4) is 0 Å². The number of nitrogens with zero attached hydrogens (tertiary/aromatic N) is 1. The van der Waals surface area contributed by atoms with Crippen LogP contribution in [0.1, 0.15) is 43.4 Å². The molecule has 1 atom stereocenters. The van der Waals surface area contributed by atoms with Crippen LogP contribution < -0.4 is 10.6 Å². The van der Waals surface area contributed by atoms with E-state index in [-0.39, 0.29) is 30.3 Å². The van der Waals surface area contributed by atoms with E-state index in [1.165, 1.54) is 0 Å². The largest absolute Gasteiger partial charge is 0.348 e. The number of nitrogens with one attached hydrogen (secondary N) is 2. The van der Waals surface area contributed by atoms with Crippen molar-refractivity contribution in [2.75, 3.05) is 13.1 Å². The Morgan fingerprint density at radius 1 is 1.58 bits per heavy atom. The molecule has 0 aliphatic carbocycles. The van der Waals surface area contributed by atoms with Gasteiger partial charge in [0.1, 0.15) is 0 Å². The van der Waals surface area contributed by atoms with Gasteiger partial charge in [0, 0.05) is 11.3 Å². The zero-order chi connectivity index (χ0) is 13.0. The van der Waals surface area contributed by atoms with Gasteiger partial charge in [0.15, 0.2) is 0 Å². The average Bonchev–Trinajstić information content (AvgIpc) is 2.88. The molecule has 0 bridgehead atoms. The Morgan fingerprint density at radius 2 is 2.26 bits per heavy atom. The predicted molar refractivity (Wildman–Crippen MR) is 80.9 cm³/mol. The quantitative estimate of drug-likeness (QED) is 0.897. The third-order valence-corrected chi connectivity index (χ3v) is 4.40. The summed E-state index contributed by atoms with van der Waals surface area (Å²) >= 11 is 1.67. The van der Waals surface area contributed by atoms with Gasteiger partial charge in [0.05, 0.1) is 16.7 Å². The Morgan fingerprint density at radius 3 is 2.84 bits per heavy atom. The van der Waals surface area contributed by atoms with Crippen molar-refractivity contribution in [2.45, 2.75) is 39.2 Å². The molecule has 2 N–H and O–H groups in total. The summed E-state index contributed by atoms with van der Waals surface area (Å²) in [5, 5.41) is 9.54. The topological polar surface area (TPSA) is 54.0 Å².